The zero-order valence-corrected chi connectivity index (χ0v) is 17.1. The molecule has 146 valence electrons. The largest absolute Gasteiger partial charge is 0.357 e. The van der Waals surface area contributed by atoms with Crippen LogP contribution in [-0.4, -0.2) is 31.3 Å². The molecule has 4 aromatic rings. The van der Waals surface area contributed by atoms with E-state index in [2.05, 4.69) is 43.3 Å². The summed E-state index contributed by atoms with van der Waals surface area (Å²) in [5.74, 6) is 6.07. The highest BCUT2D eigenvalue weighted by Crippen LogP contribution is 2.34. The summed E-state index contributed by atoms with van der Waals surface area (Å²) in [7, 11) is 1.83. The fourth-order valence-corrected chi connectivity index (χ4v) is 3.33. The molecule has 0 saturated heterocycles. The minimum absolute atomic E-state index is 0.171. The van der Waals surface area contributed by atoms with E-state index in [0.29, 0.717) is 40.0 Å². The molecule has 8 heteroatoms. The van der Waals surface area contributed by atoms with Crippen LogP contribution >= 0.6 is 11.6 Å². The van der Waals surface area contributed by atoms with Crippen LogP contribution in [0.25, 0.3) is 33.5 Å². The highest BCUT2D eigenvalue weighted by molar-refractivity contribution is 6.35. The lowest BCUT2D eigenvalue weighted by Crippen LogP contribution is -2.08. The van der Waals surface area contributed by atoms with Crippen LogP contribution in [0.5, 0.6) is 0 Å². The Hall–Kier alpha value is -3.94. The zero-order valence-electron chi connectivity index (χ0n) is 16.3. The molecule has 7 nitrogen and oxygen atoms in total. The van der Waals surface area contributed by atoms with Crippen LogP contribution in [0.15, 0.2) is 42.7 Å². The number of nitrogens with one attached hydrogen (secondary N) is 1. The SMILES string of the molecule is CC#CCNc1nc(-c2ccn(C)n2)c(-c2cc(Cl)c3ncccc3c2)nc1C#N. The number of aryl methyl sites for hydroxylation is 1. The molecule has 0 atom stereocenters. The van der Waals surface area contributed by atoms with Crippen molar-refractivity contribution < 1.29 is 0 Å². The topological polar surface area (TPSA) is 92.3 Å². The maximum absolute atomic E-state index is 9.65. The molecule has 0 saturated carbocycles. The van der Waals surface area contributed by atoms with Crippen molar-refractivity contribution in [3.63, 3.8) is 0 Å². The maximum Gasteiger partial charge on any atom is 0.183 e. The van der Waals surface area contributed by atoms with Gasteiger partial charge in [0.1, 0.15) is 23.2 Å². The molecular weight excluding hydrogens is 398 g/mol. The first kappa shape index (κ1) is 19.4. The lowest BCUT2D eigenvalue weighted by Gasteiger charge is -2.12. The van der Waals surface area contributed by atoms with Crippen molar-refractivity contribution in [3.8, 4) is 40.6 Å². The van der Waals surface area contributed by atoms with E-state index in [1.54, 1.807) is 23.9 Å². The number of nitriles is 1. The number of pyridine rings is 1. The summed E-state index contributed by atoms with van der Waals surface area (Å²) in [6.07, 6.45) is 3.52. The van der Waals surface area contributed by atoms with E-state index < -0.39 is 0 Å². The van der Waals surface area contributed by atoms with Crippen LogP contribution < -0.4 is 5.32 Å². The van der Waals surface area contributed by atoms with Gasteiger partial charge in [0.2, 0.25) is 0 Å². The zero-order chi connectivity index (χ0) is 21.1. The molecule has 0 fully saturated rings. The number of fused-ring (bicyclic) bond motifs is 1. The molecule has 0 spiro atoms. The normalized spacial score (nSPS) is 10.3. The van der Waals surface area contributed by atoms with E-state index in [1.807, 2.05) is 37.5 Å². The molecule has 30 heavy (non-hydrogen) atoms. The Morgan fingerprint density at radius 3 is 2.80 bits per heavy atom. The third-order valence-electron chi connectivity index (χ3n) is 4.41. The molecule has 4 rings (SSSR count). The predicted molar refractivity (Wildman–Crippen MR) is 117 cm³/mol. The van der Waals surface area contributed by atoms with Crippen LogP contribution in [0.1, 0.15) is 12.6 Å². The summed E-state index contributed by atoms with van der Waals surface area (Å²) in [6, 6.07) is 11.4. The summed E-state index contributed by atoms with van der Waals surface area (Å²) in [5, 5.41) is 18.6. The van der Waals surface area contributed by atoms with Gasteiger partial charge in [-0.3, -0.25) is 9.67 Å². The Morgan fingerprint density at radius 1 is 1.20 bits per heavy atom. The number of hydrogen-bond acceptors (Lipinski definition) is 6. The van der Waals surface area contributed by atoms with Gasteiger partial charge in [-0.15, -0.1) is 5.92 Å². The van der Waals surface area contributed by atoms with E-state index in [1.165, 1.54) is 0 Å². The van der Waals surface area contributed by atoms with Crippen LogP contribution in [0.3, 0.4) is 0 Å². The first-order valence-electron chi connectivity index (χ1n) is 9.11. The minimum atomic E-state index is 0.171. The molecule has 0 aliphatic heterocycles. The predicted octanol–water partition coefficient (Wildman–Crippen LogP) is 4.05. The van der Waals surface area contributed by atoms with E-state index >= 15 is 0 Å². The van der Waals surface area contributed by atoms with Gasteiger partial charge in [0.15, 0.2) is 11.5 Å². The fraction of sp³-hybridized carbons (Fsp3) is 0.136. The van der Waals surface area contributed by atoms with Gasteiger partial charge in [-0.2, -0.15) is 10.4 Å². The van der Waals surface area contributed by atoms with Crippen molar-refractivity contribution in [2.75, 3.05) is 11.9 Å². The fourth-order valence-electron chi connectivity index (χ4n) is 3.06. The third kappa shape index (κ3) is 3.67. The van der Waals surface area contributed by atoms with E-state index in [4.69, 9.17) is 11.6 Å². The van der Waals surface area contributed by atoms with Gasteiger partial charge in [-0.05, 0) is 31.2 Å². The van der Waals surface area contributed by atoms with Gasteiger partial charge in [0.05, 0.1) is 17.1 Å². The second kappa shape index (κ2) is 8.20. The molecule has 3 aromatic heterocycles. The third-order valence-corrected chi connectivity index (χ3v) is 4.70. The second-order valence-corrected chi connectivity index (χ2v) is 6.83. The highest BCUT2D eigenvalue weighted by Gasteiger charge is 2.19. The molecule has 0 radical (unpaired) electrons. The number of anilines is 1. The maximum atomic E-state index is 9.65. The number of aromatic nitrogens is 5. The molecule has 1 N–H and O–H groups in total. The highest BCUT2D eigenvalue weighted by atomic mass is 35.5. The van der Waals surface area contributed by atoms with Crippen molar-refractivity contribution in [3.05, 3.63) is 53.4 Å². The van der Waals surface area contributed by atoms with Gasteiger partial charge in [-0.25, -0.2) is 9.97 Å². The number of halogens is 1. The van der Waals surface area contributed by atoms with Crippen molar-refractivity contribution in [1.82, 2.24) is 24.7 Å². The van der Waals surface area contributed by atoms with Gasteiger partial charge in [0.25, 0.3) is 0 Å². The lowest BCUT2D eigenvalue weighted by molar-refractivity contribution is 0.770. The first-order valence-corrected chi connectivity index (χ1v) is 9.48. The molecule has 3 heterocycles. The smallest absolute Gasteiger partial charge is 0.183 e. The molecule has 1 aromatic carbocycles. The summed E-state index contributed by atoms with van der Waals surface area (Å²) in [6.45, 7) is 2.10. The number of benzene rings is 1. The molecule has 0 unspecified atom stereocenters. The molecule has 0 amide bonds. The van der Waals surface area contributed by atoms with E-state index in [9.17, 15) is 5.26 Å². The molecule has 0 aliphatic rings. The summed E-state index contributed by atoms with van der Waals surface area (Å²) < 4.78 is 1.69. The number of nitrogens with zero attached hydrogens (tertiary/aromatic N) is 6. The van der Waals surface area contributed by atoms with Crippen molar-refractivity contribution >= 4 is 28.3 Å². The lowest BCUT2D eigenvalue weighted by atomic mass is 10.0. The average molecular weight is 414 g/mol. The molecule has 0 aliphatic carbocycles. The first-order chi connectivity index (χ1) is 14.6. The Bertz CT molecular complexity index is 1360. The Kier molecular flexibility index (Phi) is 5.30. The van der Waals surface area contributed by atoms with Crippen molar-refractivity contribution in [2.45, 2.75) is 6.92 Å². The summed E-state index contributed by atoms with van der Waals surface area (Å²) >= 11 is 6.48. The molecular formula is C22H16ClN7. The molecule has 0 bridgehead atoms. The van der Waals surface area contributed by atoms with Crippen molar-refractivity contribution in [1.29, 1.82) is 5.26 Å². The van der Waals surface area contributed by atoms with Gasteiger partial charge < -0.3 is 5.32 Å². The van der Waals surface area contributed by atoms with Gasteiger partial charge in [-0.1, -0.05) is 23.6 Å². The van der Waals surface area contributed by atoms with Crippen LogP contribution in [0, 0.1) is 23.2 Å². The summed E-state index contributed by atoms with van der Waals surface area (Å²) in [4.78, 5) is 13.6. The van der Waals surface area contributed by atoms with E-state index in [-0.39, 0.29) is 5.69 Å². The Morgan fingerprint density at radius 2 is 2.07 bits per heavy atom. The van der Waals surface area contributed by atoms with E-state index in [0.717, 1.165) is 10.9 Å². The van der Waals surface area contributed by atoms with Crippen LogP contribution in [-0.2, 0) is 7.05 Å². The average Bonchev–Trinajstić information content (AvgIpc) is 3.19. The quantitative estimate of drug-likeness (QED) is 0.507. The number of rotatable bonds is 4. The standard InChI is InChI=1S/C22H16ClN7/c1-3-4-8-26-22-18(13-24)27-20(21(28-22)17-7-10-30(2)29-17)15-11-14-6-5-9-25-19(14)16(23)12-15/h5-7,9-12H,8H2,1-2H3,(H,26,28). The summed E-state index contributed by atoms with van der Waals surface area (Å²) in [5.41, 5.74) is 3.30. The number of hydrogen-bond donors (Lipinski definition) is 1. The second-order valence-electron chi connectivity index (χ2n) is 6.42. The van der Waals surface area contributed by atoms with Gasteiger partial charge in [0, 0.05) is 30.4 Å². The monoisotopic (exact) mass is 413 g/mol. The van der Waals surface area contributed by atoms with Crippen LogP contribution in [0.4, 0.5) is 5.82 Å². The Labute approximate surface area is 178 Å². The van der Waals surface area contributed by atoms with Crippen LogP contribution in [0.2, 0.25) is 5.02 Å². The Balaban J connectivity index is 1.96. The van der Waals surface area contributed by atoms with Gasteiger partial charge >= 0.3 is 0 Å². The van der Waals surface area contributed by atoms with Crippen molar-refractivity contribution in [2.24, 2.45) is 7.05 Å². The minimum Gasteiger partial charge on any atom is -0.357 e.